The van der Waals surface area contributed by atoms with Gasteiger partial charge < -0.3 is 29.0 Å². The minimum Gasteiger partial charge on any atom is -0.496 e. The summed E-state index contributed by atoms with van der Waals surface area (Å²) < 4.78 is 27.5. The van der Waals surface area contributed by atoms with Crippen molar-refractivity contribution >= 4 is 23.4 Å². The fourth-order valence-corrected chi connectivity index (χ4v) is 4.35. The molecule has 1 aromatic heterocycles. The molecular weight excluding hydrogens is 564 g/mol. The van der Waals surface area contributed by atoms with Crippen molar-refractivity contribution in [2.24, 2.45) is 5.41 Å². The van der Waals surface area contributed by atoms with E-state index in [1.54, 1.807) is 41.9 Å². The summed E-state index contributed by atoms with van der Waals surface area (Å²) in [5, 5.41) is 2.59. The largest absolute Gasteiger partial charge is 0.496 e. The van der Waals surface area contributed by atoms with Crippen LogP contribution in [0.25, 0.3) is 5.57 Å². The fourth-order valence-electron chi connectivity index (χ4n) is 4.35. The first-order chi connectivity index (χ1) is 20.7. The van der Waals surface area contributed by atoms with Crippen molar-refractivity contribution in [3.63, 3.8) is 0 Å². The lowest BCUT2D eigenvalue weighted by Gasteiger charge is -2.20. The molecule has 0 radical (unpaired) electrons. The predicted octanol–water partition coefficient (Wildman–Crippen LogP) is 5.82. The number of nitrogens with one attached hydrogen (secondary N) is 1. The molecule has 0 bridgehead atoms. The zero-order valence-corrected chi connectivity index (χ0v) is 26.9. The van der Waals surface area contributed by atoms with Crippen molar-refractivity contribution in [3.8, 4) is 23.0 Å². The molecule has 3 rings (SSSR count). The first kappa shape index (κ1) is 33.6. The lowest BCUT2D eigenvalue weighted by Crippen LogP contribution is -2.40. The van der Waals surface area contributed by atoms with E-state index >= 15 is 0 Å². The van der Waals surface area contributed by atoms with Gasteiger partial charge in [-0.3, -0.25) is 9.59 Å². The Labute approximate surface area is 258 Å². The summed E-state index contributed by atoms with van der Waals surface area (Å²) in [6.45, 7) is 12.1. The van der Waals surface area contributed by atoms with Gasteiger partial charge in [-0.25, -0.2) is 9.78 Å². The molecule has 1 N–H and O–H groups in total. The van der Waals surface area contributed by atoms with E-state index in [1.165, 1.54) is 26.3 Å². The maximum atomic E-state index is 13.3. The van der Waals surface area contributed by atoms with Gasteiger partial charge in [0.05, 0.1) is 26.7 Å². The van der Waals surface area contributed by atoms with E-state index in [-0.39, 0.29) is 17.2 Å². The van der Waals surface area contributed by atoms with Gasteiger partial charge in [0.15, 0.2) is 11.4 Å². The maximum Gasteiger partial charge on any atom is 0.333 e. The average molecular weight is 605 g/mol. The topological polar surface area (TPSA) is 122 Å². The highest BCUT2D eigenvalue weighted by Gasteiger charge is 2.30. The molecule has 0 unspecified atom stereocenters. The monoisotopic (exact) mass is 604 g/mol. The molecule has 0 saturated carbocycles. The number of rotatable bonds is 10. The van der Waals surface area contributed by atoms with Crippen molar-refractivity contribution in [1.82, 2.24) is 10.3 Å². The van der Waals surface area contributed by atoms with Crippen LogP contribution in [0.1, 0.15) is 67.4 Å². The van der Waals surface area contributed by atoms with Crippen molar-refractivity contribution in [3.05, 3.63) is 82.4 Å². The summed E-state index contributed by atoms with van der Waals surface area (Å²) in [6, 6.07) is 11.8. The number of nitrogens with zero attached hydrogens (tertiary/aromatic N) is 1. The fraction of sp³-hybridized carbons (Fsp3) is 0.353. The molecule has 10 nitrogen and oxygen atoms in total. The van der Waals surface area contributed by atoms with E-state index in [0.29, 0.717) is 11.3 Å². The van der Waals surface area contributed by atoms with Gasteiger partial charge in [-0.05, 0) is 95.0 Å². The number of methoxy groups -OCH3 is 3. The highest BCUT2D eigenvalue weighted by molar-refractivity contribution is 5.99. The number of aryl methyl sites for hydroxylation is 2. The van der Waals surface area contributed by atoms with E-state index < -0.39 is 29.3 Å². The van der Waals surface area contributed by atoms with Crippen molar-refractivity contribution in [1.29, 1.82) is 0 Å². The van der Waals surface area contributed by atoms with Gasteiger partial charge in [0.1, 0.15) is 23.3 Å². The molecule has 234 valence electrons. The van der Waals surface area contributed by atoms with Crippen LogP contribution in [0.5, 0.6) is 23.0 Å². The van der Waals surface area contributed by atoms with Crippen LogP contribution in [-0.4, -0.2) is 50.2 Å². The maximum absolute atomic E-state index is 13.3. The molecule has 2 aromatic carbocycles. The van der Waals surface area contributed by atoms with Gasteiger partial charge >= 0.3 is 11.9 Å². The van der Waals surface area contributed by atoms with Crippen LogP contribution in [0.4, 0.5) is 0 Å². The molecule has 44 heavy (non-hydrogen) atoms. The first-order valence-corrected chi connectivity index (χ1v) is 14.0. The smallest absolute Gasteiger partial charge is 0.333 e. The van der Waals surface area contributed by atoms with Gasteiger partial charge in [0.25, 0.3) is 5.91 Å². The number of carbonyl (C=O) groups excluding carboxylic acids is 3. The Balaban J connectivity index is 1.94. The average Bonchev–Trinajstić information content (AvgIpc) is 2.96. The molecule has 0 aliphatic rings. The van der Waals surface area contributed by atoms with Crippen LogP contribution in [0.2, 0.25) is 0 Å². The second-order valence-corrected chi connectivity index (χ2v) is 11.2. The SMILES string of the molecule is COc1ccc(C(=C(C)OC(=O)[C@H](C)NC(=O)c2nccc(OC)c2OC(=O)C(C)(C)C)c2ccc(OC)c(C)c2)cc1C. The number of esters is 2. The number of benzene rings is 2. The number of allylic oxidation sites excluding steroid dienone is 1. The summed E-state index contributed by atoms with van der Waals surface area (Å²) in [7, 11) is 4.59. The molecule has 0 spiro atoms. The van der Waals surface area contributed by atoms with Crippen LogP contribution >= 0.6 is 0 Å². The minimum absolute atomic E-state index is 0.142. The zero-order chi connectivity index (χ0) is 32.8. The Hall–Kier alpha value is -4.86. The number of carbonyl (C=O) groups is 3. The highest BCUT2D eigenvalue weighted by atomic mass is 16.6. The van der Waals surface area contributed by atoms with Crippen LogP contribution in [-0.2, 0) is 14.3 Å². The normalized spacial score (nSPS) is 11.6. The number of hydrogen-bond acceptors (Lipinski definition) is 9. The van der Waals surface area contributed by atoms with Gasteiger partial charge in [0.2, 0.25) is 5.75 Å². The van der Waals surface area contributed by atoms with E-state index in [0.717, 1.165) is 33.8 Å². The van der Waals surface area contributed by atoms with Crippen molar-refractivity contribution in [2.45, 2.75) is 54.5 Å². The Bertz CT molecular complexity index is 1530. The van der Waals surface area contributed by atoms with Crippen LogP contribution < -0.4 is 24.3 Å². The quantitative estimate of drug-likeness (QED) is 0.225. The second kappa shape index (κ2) is 14.1. The molecular formula is C34H40N2O8. The second-order valence-electron chi connectivity index (χ2n) is 11.2. The number of aromatic nitrogens is 1. The number of amides is 1. The van der Waals surface area contributed by atoms with Crippen molar-refractivity contribution < 1.29 is 38.1 Å². The van der Waals surface area contributed by atoms with Crippen LogP contribution in [0, 0.1) is 19.3 Å². The summed E-state index contributed by atoms with van der Waals surface area (Å²) in [5.74, 6) is -0.261. The number of pyridine rings is 1. The third-order valence-corrected chi connectivity index (χ3v) is 6.78. The number of hydrogen-bond donors (Lipinski definition) is 1. The molecule has 3 aromatic rings. The molecule has 0 saturated heterocycles. The molecule has 10 heteroatoms. The lowest BCUT2D eigenvalue weighted by atomic mass is 9.94. The standard InChI is InChI=1S/C34H40N2O8/c1-19-17-23(11-13-25(19)40-8)28(24-12-14-26(41-9)20(2)18-24)22(4)43-32(38)21(3)36-31(37)29-30(27(42-10)15-16-35-29)44-33(39)34(5,6)7/h11-18,21H,1-10H3,(H,36,37)/t21-/m0/s1. The van der Waals surface area contributed by atoms with Gasteiger partial charge in [0, 0.05) is 17.8 Å². The molecule has 1 heterocycles. The molecule has 0 fully saturated rings. The van der Waals surface area contributed by atoms with Crippen LogP contribution in [0.15, 0.2) is 54.4 Å². The predicted molar refractivity (Wildman–Crippen MR) is 166 cm³/mol. The number of ether oxygens (including phenoxy) is 5. The Kier molecular flexibility index (Phi) is 10.8. The summed E-state index contributed by atoms with van der Waals surface area (Å²) >= 11 is 0. The molecule has 1 atom stereocenters. The third-order valence-electron chi connectivity index (χ3n) is 6.78. The first-order valence-electron chi connectivity index (χ1n) is 14.0. The Morgan fingerprint density at radius 3 is 1.80 bits per heavy atom. The van der Waals surface area contributed by atoms with E-state index in [4.69, 9.17) is 23.7 Å². The van der Waals surface area contributed by atoms with Crippen LogP contribution in [0.3, 0.4) is 0 Å². The van der Waals surface area contributed by atoms with Gasteiger partial charge in [-0.1, -0.05) is 12.1 Å². The summed E-state index contributed by atoms with van der Waals surface area (Å²) in [4.78, 5) is 43.3. The van der Waals surface area contributed by atoms with Gasteiger partial charge in [-0.2, -0.15) is 0 Å². The van der Waals surface area contributed by atoms with E-state index in [2.05, 4.69) is 10.3 Å². The van der Waals surface area contributed by atoms with E-state index in [1.807, 2.05) is 50.2 Å². The van der Waals surface area contributed by atoms with E-state index in [9.17, 15) is 14.4 Å². The van der Waals surface area contributed by atoms with Gasteiger partial charge in [-0.15, -0.1) is 0 Å². The summed E-state index contributed by atoms with van der Waals surface area (Å²) in [5.41, 5.74) is 3.04. The summed E-state index contributed by atoms with van der Waals surface area (Å²) in [6.07, 6.45) is 1.35. The molecule has 1 amide bonds. The zero-order valence-electron chi connectivity index (χ0n) is 26.9. The van der Waals surface area contributed by atoms with Crippen molar-refractivity contribution in [2.75, 3.05) is 21.3 Å². The Morgan fingerprint density at radius 2 is 1.34 bits per heavy atom. The lowest BCUT2D eigenvalue weighted by molar-refractivity contribution is -0.143. The Morgan fingerprint density at radius 1 is 0.818 bits per heavy atom. The third kappa shape index (κ3) is 7.75. The minimum atomic E-state index is -1.09. The molecule has 0 aliphatic carbocycles. The highest BCUT2D eigenvalue weighted by Crippen LogP contribution is 2.34. The molecule has 0 aliphatic heterocycles.